The molecule has 1 nitrogen and oxygen atoms in total. The SMILES string of the molecule is Fc1cc(NCc2ccsc2)ccc1Br. The molecule has 0 saturated carbocycles. The molecule has 1 aromatic carbocycles. The molecule has 0 atom stereocenters. The molecular formula is C11H9BrFNS. The normalized spacial score (nSPS) is 10.3. The number of halogens is 2. The minimum absolute atomic E-state index is 0.245. The Morgan fingerprint density at radius 2 is 2.20 bits per heavy atom. The molecule has 0 fully saturated rings. The summed E-state index contributed by atoms with van der Waals surface area (Å²) in [5, 5.41) is 7.26. The molecule has 2 rings (SSSR count). The maximum absolute atomic E-state index is 13.2. The van der Waals surface area contributed by atoms with Gasteiger partial charge in [0.1, 0.15) is 5.82 Å². The zero-order valence-electron chi connectivity index (χ0n) is 7.84. The maximum atomic E-state index is 13.2. The van der Waals surface area contributed by atoms with Gasteiger partial charge in [0.15, 0.2) is 0 Å². The van der Waals surface area contributed by atoms with E-state index in [1.54, 1.807) is 17.4 Å². The molecule has 0 unspecified atom stereocenters. The van der Waals surface area contributed by atoms with Crippen LogP contribution in [-0.4, -0.2) is 0 Å². The van der Waals surface area contributed by atoms with Gasteiger partial charge in [-0.05, 0) is 56.5 Å². The minimum Gasteiger partial charge on any atom is -0.381 e. The van der Waals surface area contributed by atoms with Crippen LogP contribution in [0.1, 0.15) is 5.56 Å². The van der Waals surface area contributed by atoms with E-state index in [-0.39, 0.29) is 5.82 Å². The van der Waals surface area contributed by atoms with Crippen molar-refractivity contribution < 1.29 is 4.39 Å². The lowest BCUT2D eigenvalue weighted by atomic mass is 10.3. The summed E-state index contributed by atoms with van der Waals surface area (Å²) in [5.74, 6) is -0.245. The highest BCUT2D eigenvalue weighted by atomic mass is 79.9. The van der Waals surface area contributed by atoms with Crippen molar-refractivity contribution in [3.63, 3.8) is 0 Å². The molecule has 0 saturated heterocycles. The van der Waals surface area contributed by atoms with Crippen molar-refractivity contribution in [3.8, 4) is 0 Å². The van der Waals surface area contributed by atoms with Crippen LogP contribution in [-0.2, 0) is 6.54 Å². The van der Waals surface area contributed by atoms with E-state index < -0.39 is 0 Å². The van der Waals surface area contributed by atoms with E-state index in [0.717, 1.165) is 12.2 Å². The van der Waals surface area contributed by atoms with Gasteiger partial charge in [0.05, 0.1) is 4.47 Å². The summed E-state index contributed by atoms with van der Waals surface area (Å²) in [5.41, 5.74) is 2.00. The summed E-state index contributed by atoms with van der Waals surface area (Å²) in [6, 6.07) is 7.08. The van der Waals surface area contributed by atoms with Gasteiger partial charge in [0, 0.05) is 12.2 Å². The van der Waals surface area contributed by atoms with E-state index in [0.29, 0.717) is 4.47 Å². The van der Waals surface area contributed by atoms with Crippen LogP contribution in [0.5, 0.6) is 0 Å². The average Bonchev–Trinajstić information content (AvgIpc) is 2.73. The Hall–Kier alpha value is -0.870. The molecule has 0 radical (unpaired) electrons. The number of thiophene rings is 1. The van der Waals surface area contributed by atoms with Crippen molar-refractivity contribution >= 4 is 33.0 Å². The van der Waals surface area contributed by atoms with Crippen molar-refractivity contribution in [1.82, 2.24) is 0 Å². The zero-order chi connectivity index (χ0) is 10.7. The van der Waals surface area contributed by atoms with E-state index in [1.165, 1.54) is 11.6 Å². The fourth-order valence-electron chi connectivity index (χ4n) is 1.20. The van der Waals surface area contributed by atoms with Gasteiger partial charge in [0.2, 0.25) is 0 Å². The second-order valence-corrected chi connectivity index (χ2v) is 4.75. The summed E-state index contributed by atoms with van der Waals surface area (Å²) >= 11 is 4.78. The van der Waals surface area contributed by atoms with Crippen LogP contribution < -0.4 is 5.32 Å². The van der Waals surface area contributed by atoms with Gasteiger partial charge in [-0.2, -0.15) is 11.3 Å². The van der Waals surface area contributed by atoms with Gasteiger partial charge >= 0.3 is 0 Å². The van der Waals surface area contributed by atoms with Gasteiger partial charge in [0.25, 0.3) is 0 Å². The van der Waals surface area contributed by atoms with Gasteiger partial charge in [-0.3, -0.25) is 0 Å². The van der Waals surface area contributed by atoms with Crippen molar-refractivity contribution in [1.29, 1.82) is 0 Å². The number of benzene rings is 1. The van der Waals surface area contributed by atoms with E-state index in [2.05, 4.69) is 26.6 Å². The number of hydrogen-bond donors (Lipinski definition) is 1. The van der Waals surface area contributed by atoms with Gasteiger partial charge in [-0.15, -0.1) is 0 Å². The highest BCUT2D eigenvalue weighted by Crippen LogP contribution is 2.20. The highest BCUT2D eigenvalue weighted by Gasteiger charge is 2.00. The van der Waals surface area contributed by atoms with Crippen molar-refractivity contribution in [3.05, 3.63) is 50.9 Å². The van der Waals surface area contributed by atoms with Crippen LogP contribution in [0.3, 0.4) is 0 Å². The summed E-state index contributed by atoms with van der Waals surface area (Å²) < 4.78 is 13.6. The molecule has 2 aromatic rings. The Bertz CT molecular complexity index is 442. The monoisotopic (exact) mass is 285 g/mol. The average molecular weight is 286 g/mol. The first-order valence-electron chi connectivity index (χ1n) is 4.46. The Morgan fingerprint density at radius 1 is 1.33 bits per heavy atom. The smallest absolute Gasteiger partial charge is 0.139 e. The molecule has 0 aliphatic heterocycles. The van der Waals surface area contributed by atoms with Gasteiger partial charge in [-0.1, -0.05) is 0 Å². The summed E-state index contributed by atoms with van der Waals surface area (Å²) in [6.07, 6.45) is 0. The van der Waals surface area contributed by atoms with Gasteiger partial charge < -0.3 is 5.32 Å². The molecule has 4 heteroatoms. The highest BCUT2D eigenvalue weighted by molar-refractivity contribution is 9.10. The molecule has 0 amide bonds. The third-order valence-corrected chi connectivity index (χ3v) is 3.37. The first-order chi connectivity index (χ1) is 7.25. The Kier molecular flexibility index (Phi) is 3.38. The van der Waals surface area contributed by atoms with Crippen LogP contribution in [0.4, 0.5) is 10.1 Å². The number of anilines is 1. The van der Waals surface area contributed by atoms with E-state index >= 15 is 0 Å². The summed E-state index contributed by atoms with van der Waals surface area (Å²) in [4.78, 5) is 0. The quantitative estimate of drug-likeness (QED) is 0.888. The Balaban J connectivity index is 2.02. The van der Waals surface area contributed by atoms with E-state index in [4.69, 9.17) is 0 Å². The largest absolute Gasteiger partial charge is 0.381 e. The van der Waals surface area contributed by atoms with E-state index in [1.807, 2.05) is 17.5 Å². The second kappa shape index (κ2) is 4.77. The van der Waals surface area contributed by atoms with E-state index in [9.17, 15) is 4.39 Å². The lowest BCUT2D eigenvalue weighted by Crippen LogP contribution is -1.98. The number of nitrogens with one attached hydrogen (secondary N) is 1. The Morgan fingerprint density at radius 3 is 2.87 bits per heavy atom. The maximum Gasteiger partial charge on any atom is 0.139 e. The predicted molar refractivity (Wildman–Crippen MR) is 65.7 cm³/mol. The van der Waals surface area contributed by atoms with Crippen LogP contribution >= 0.6 is 27.3 Å². The van der Waals surface area contributed by atoms with Crippen LogP contribution in [0.25, 0.3) is 0 Å². The summed E-state index contributed by atoms with van der Waals surface area (Å²) in [6.45, 7) is 0.727. The second-order valence-electron chi connectivity index (χ2n) is 3.11. The standard InChI is InChI=1S/C11H9BrFNS/c12-10-2-1-9(5-11(10)13)14-6-8-3-4-15-7-8/h1-5,7,14H,6H2. The lowest BCUT2D eigenvalue weighted by Gasteiger charge is -2.05. The molecule has 15 heavy (non-hydrogen) atoms. The third kappa shape index (κ3) is 2.79. The molecule has 0 bridgehead atoms. The lowest BCUT2D eigenvalue weighted by molar-refractivity contribution is 0.621. The Labute approximate surface area is 100 Å². The van der Waals surface area contributed by atoms with Crippen LogP contribution in [0.2, 0.25) is 0 Å². The zero-order valence-corrected chi connectivity index (χ0v) is 10.2. The van der Waals surface area contributed by atoms with Crippen molar-refractivity contribution in [2.75, 3.05) is 5.32 Å². The van der Waals surface area contributed by atoms with Gasteiger partial charge in [-0.25, -0.2) is 4.39 Å². The first kappa shape index (κ1) is 10.6. The molecule has 1 heterocycles. The van der Waals surface area contributed by atoms with Crippen LogP contribution in [0, 0.1) is 5.82 Å². The molecule has 78 valence electrons. The van der Waals surface area contributed by atoms with Crippen molar-refractivity contribution in [2.45, 2.75) is 6.54 Å². The molecule has 0 aliphatic rings. The summed E-state index contributed by atoms with van der Waals surface area (Å²) in [7, 11) is 0. The number of rotatable bonds is 3. The van der Waals surface area contributed by atoms with Crippen LogP contribution in [0.15, 0.2) is 39.5 Å². The topological polar surface area (TPSA) is 12.0 Å². The molecule has 0 aliphatic carbocycles. The first-order valence-corrected chi connectivity index (χ1v) is 6.19. The van der Waals surface area contributed by atoms with Crippen molar-refractivity contribution in [2.24, 2.45) is 0 Å². The third-order valence-electron chi connectivity index (χ3n) is 2.00. The fraction of sp³-hybridized carbons (Fsp3) is 0.0909. The molecule has 1 aromatic heterocycles. The number of hydrogen-bond acceptors (Lipinski definition) is 2. The fourth-order valence-corrected chi connectivity index (χ4v) is 2.12. The molecular weight excluding hydrogens is 277 g/mol. The predicted octanol–water partition coefficient (Wildman–Crippen LogP) is 4.26. The molecule has 0 spiro atoms. The molecule has 1 N–H and O–H groups in total. The minimum atomic E-state index is -0.245.